The van der Waals surface area contributed by atoms with Gasteiger partial charge in [0, 0.05) is 30.8 Å². The number of methoxy groups -OCH3 is 1. The third-order valence-corrected chi connectivity index (χ3v) is 5.84. The SMILES string of the molecule is COC(=O)c1ccc(OCC(C)(C)O)c(C(=O)N=c2cc(C(C)(C)C)n(C)n2C[C@H]2CCCO2)c1. The summed E-state index contributed by atoms with van der Waals surface area (Å²) < 4.78 is 20.4. The molecule has 0 unspecified atom stereocenters. The van der Waals surface area contributed by atoms with E-state index in [0.717, 1.165) is 25.1 Å². The molecule has 1 atom stereocenters. The third kappa shape index (κ3) is 6.61. The molecule has 192 valence electrons. The van der Waals surface area contributed by atoms with Gasteiger partial charge in [-0.3, -0.25) is 14.2 Å². The first-order valence-electron chi connectivity index (χ1n) is 11.9. The molecule has 2 heterocycles. The molecule has 3 rings (SSSR count). The molecular weight excluding hydrogens is 450 g/mol. The fourth-order valence-corrected chi connectivity index (χ4v) is 4.05. The smallest absolute Gasteiger partial charge is 0.337 e. The molecule has 1 saturated heterocycles. The van der Waals surface area contributed by atoms with E-state index in [2.05, 4.69) is 25.8 Å². The van der Waals surface area contributed by atoms with Crippen LogP contribution in [0.4, 0.5) is 0 Å². The normalized spacial score (nSPS) is 17.0. The number of ether oxygens (including phenoxy) is 3. The summed E-state index contributed by atoms with van der Waals surface area (Å²) in [5, 5.41) is 10.1. The van der Waals surface area contributed by atoms with Gasteiger partial charge in [-0.05, 0) is 44.9 Å². The Balaban J connectivity index is 2.09. The first kappa shape index (κ1) is 26.7. The first-order chi connectivity index (χ1) is 16.3. The molecule has 9 heteroatoms. The lowest BCUT2D eigenvalue weighted by atomic mass is 9.92. The molecule has 35 heavy (non-hydrogen) atoms. The number of amides is 1. The summed E-state index contributed by atoms with van der Waals surface area (Å²) in [5.74, 6) is -0.906. The van der Waals surface area contributed by atoms with E-state index < -0.39 is 17.5 Å². The van der Waals surface area contributed by atoms with E-state index in [1.54, 1.807) is 13.8 Å². The van der Waals surface area contributed by atoms with Gasteiger partial charge in [-0.25, -0.2) is 4.79 Å². The molecule has 1 aromatic carbocycles. The van der Waals surface area contributed by atoms with Crippen LogP contribution in [0.15, 0.2) is 29.3 Å². The number of aliphatic hydroxyl groups is 1. The minimum absolute atomic E-state index is 0.0383. The molecule has 1 amide bonds. The van der Waals surface area contributed by atoms with Crippen molar-refractivity contribution in [2.24, 2.45) is 12.0 Å². The highest BCUT2D eigenvalue weighted by atomic mass is 16.5. The summed E-state index contributed by atoms with van der Waals surface area (Å²) in [5.41, 5.74) is 0.553. The average Bonchev–Trinajstić information content (AvgIpc) is 3.40. The maximum Gasteiger partial charge on any atom is 0.337 e. The van der Waals surface area contributed by atoms with Crippen LogP contribution in [-0.4, -0.2) is 58.4 Å². The lowest BCUT2D eigenvalue weighted by Gasteiger charge is -2.21. The van der Waals surface area contributed by atoms with E-state index >= 15 is 0 Å². The van der Waals surface area contributed by atoms with E-state index in [-0.39, 0.29) is 35.0 Å². The van der Waals surface area contributed by atoms with Gasteiger partial charge in [-0.15, -0.1) is 0 Å². The zero-order chi connectivity index (χ0) is 26.0. The van der Waals surface area contributed by atoms with E-state index in [4.69, 9.17) is 14.2 Å². The summed E-state index contributed by atoms with van der Waals surface area (Å²) in [6.07, 6.45) is 2.01. The fourth-order valence-electron chi connectivity index (χ4n) is 4.05. The topological polar surface area (TPSA) is 104 Å². The first-order valence-corrected chi connectivity index (χ1v) is 11.9. The summed E-state index contributed by atoms with van der Waals surface area (Å²) in [6.45, 7) is 10.8. The average molecular weight is 488 g/mol. The highest BCUT2D eigenvalue weighted by molar-refractivity contribution is 6.00. The lowest BCUT2D eigenvalue weighted by molar-refractivity contribution is 0.0280. The van der Waals surface area contributed by atoms with Gasteiger partial charge in [-0.1, -0.05) is 20.8 Å². The molecule has 9 nitrogen and oxygen atoms in total. The summed E-state index contributed by atoms with van der Waals surface area (Å²) in [7, 11) is 3.23. The van der Waals surface area contributed by atoms with Crippen molar-refractivity contribution >= 4 is 11.9 Å². The Morgan fingerprint density at radius 2 is 1.91 bits per heavy atom. The molecule has 1 aliphatic rings. The van der Waals surface area contributed by atoms with Crippen LogP contribution < -0.4 is 10.2 Å². The Morgan fingerprint density at radius 3 is 2.49 bits per heavy atom. The van der Waals surface area contributed by atoms with Crippen LogP contribution in [0, 0.1) is 0 Å². The Kier molecular flexibility index (Phi) is 7.91. The predicted molar refractivity (Wildman–Crippen MR) is 131 cm³/mol. The van der Waals surface area contributed by atoms with Crippen LogP contribution in [0.3, 0.4) is 0 Å². The second-order valence-corrected chi connectivity index (χ2v) is 10.6. The number of rotatable bonds is 7. The van der Waals surface area contributed by atoms with Crippen LogP contribution in [0.2, 0.25) is 0 Å². The molecule has 1 N–H and O–H groups in total. The largest absolute Gasteiger partial charge is 0.490 e. The molecular formula is C26H37N3O6. The fraction of sp³-hybridized carbons (Fsp3) is 0.577. The van der Waals surface area contributed by atoms with Gasteiger partial charge in [-0.2, -0.15) is 4.99 Å². The van der Waals surface area contributed by atoms with E-state index in [0.29, 0.717) is 12.0 Å². The number of esters is 1. The van der Waals surface area contributed by atoms with Crippen LogP contribution >= 0.6 is 0 Å². The second kappa shape index (κ2) is 10.4. The van der Waals surface area contributed by atoms with Crippen molar-refractivity contribution in [1.82, 2.24) is 9.36 Å². The van der Waals surface area contributed by atoms with Crippen LogP contribution in [-0.2, 0) is 28.5 Å². The minimum Gasteiger partial charge on any atom is -0.490 e. The summed E-state index contributed by atoms with van der Waals surface area (Å²) in [6, 6.07) is 6.36. The zero-order valence-corrected chi connectivity index (χ0v) is 21.8. The molecule has 1 aromatic heterocycles. The minimum atomic E-state index is -1.11. The van der Waals surface area contributed by atoms with Crippen LogP contribution in [0.25, 0.3) is 0 Å². The number of nitrogens with zero attached hydrogens (tertiary/aromatic N) is 3. The number of benzene rings is 1. The second-order valence-electron chi connectivity index (χ2n) is 10.6. The van der Waals surface area contributed by atoms with Crippen molar-refractivity contribution in [3.8, 4) is 5.75 Å². The molecule has 0 spiro atoms. The number of carbonyl (C=O) groups excluding carboxylic acids is 2. The van der Waals surface area contributed by atoms with E-state index in [1.165, 1.54) is 25.3 Å². The van der Waals surface area contributed by atoms with Crippen molar-refractivity contribution in [1.29, 1.82) is 0 Å². The standard InChI is InChI=1S/C26H37N3O6/c1-25(2,3)21-14-22(29(28(21)6)15-18-9-8-12-34-18)27-23(30)19-13-17(24(31)33-7)10-11-20(19)35-16-26(4,5)32/h10-11,13-14,18,32H,8-9,12,15-16H2,1-7H3/t18-/m1/s1. The monoisotopic (exact) mass is 487 g/mol. The molecule has 1 fully saturated rings. The molecule has 2 aromatic rings. The highest BCUT2D eigenvalue weighted by Gasteiger charge is 2.25. The predicted octanol–water partition coefficient (Wildman–Crippen LogP) is 2.98. The molecule has 1 aliphatic heterocycles. The quantitative estimate of drug-likeness (QED) is 0.602. The summed E-state index contributed by atoms with van der Waals surface area (Å²) >= 11 is 0. The molecule has 0 saturated carbocycles. The van der Waals surface area contributed by atoms with Gasteiger partial charge in [0.2, 0.25) is 0 Å². The number of aromatic nitrogens is 2. The Morgan fingerprint density at radius 1 is 1.20 bits per heavy atom. The Bertz CT molecular complexity index is 1140. The third-order valence-electron chi connectivity index (χ3n) is 5.84. The van der Waals surface area contributed by atoms with Crippen molar-refractivity contribution < 1.29 is 28.9 Å². The molecule has 0 bridgehead atoms. The summed E-state index contributed by atoms with van der Waals surface area (Å²) in [4.78, 5) is 30.0. The van der Waals surface area contributed by atoms with Crippen LogP contribution in [0.5, 0.6) is 5.75 Å². The van der Waals surface area contributed by atoms with Crippen LogP contribution in [0.1, 0.15) is 73.9 Å². The van der Waals surface area contributed by atoms with Crippen molar-refractivity contribution in [2.45, 2.75) is 71.1 Å². The lowest BCUT2D eigenvalue weighted by Crippen LogP contribution is -2.30. The zero-order valence-electron chi connectivity index (χ0n) is 21.8. The van der Waals surface area contributed by atoms with Gasteiger partial charge >= 0.3 is 5.97 Å². The van der Waals surface area contributed by atoms with E-state index in [1.807, 2.05) is 22.5 Å². The van der Waals surface area contributed by atoms with Crippen molar-refractivity contribution in [2.75, 3.05) is 20.3 Å². The Labute approximate surface area is 206 Å². The number of hydrogen-bond donors (Lipinski definition) is 1. The van der Waals surface area contributed by atoms with Gasteiger partial charge < -0.3 is 19.3 Å². The number of hydrogen-bond acceptors (Lipinski definition) is 6. The maximum absolute atomic E-state index is 13.5. The van der Waals surface area contributed by atoms with Crippen molar-refractivity contribution in [3.05, 3.63) is 46.6 Å². The maximum atomic E-state index is 13.5. The van der Waals surface area contributed by atoms with Gasteiger partial charge in [0.1, 0.15) is 12.4 Å². The van der Waals surface area contributed by atoms with Gasteiger partial charge in [0.15, 0.2) is 5.49 Å². The van der Waals surface area contributed by atoms with Gasteiger partial charge in [0.25, 0.3) is 5.91 Å². The van der Waals surface area contributed by atoms with E-state index in [9.17, 15) is 14.7 Å². The van der Waals surface area contributed by atoms with Gasteiger partial charge in [0.05, 0.1) is 36.5 Å². The Hall–Kier alpha value is -2.91. The highest BCUT2D eigenvalue weighted by Crippen LogP contribution is 2.24. The molecule has 0 radical (unpaired) electrons. The number of carbonyl (C=O) groups is 2. The van der Waals surface area contributed by atoms with Crippen molar-refractivity contribution in [3.63, 3.8) is 0 Å². The molecule has 0 aliphatic carbocycles.